The molecule has 0 saturated carbocycles. The number of nitrogens with one attached hydrogen (secondary N) is 2. The van der Waals surface area contributed by atoms with Crippen molar-refractivity contribution in [2.45, 2.75) is 6.42 Å². The van der Waals surface area contributed by atoms with E-state index < -0.39 is 17.7 Å². The number of hydrogen-bond acceptors (Lipinski definition) is 7. The van der Waals surface area contributed by atoms with Crippen LogP contribution in [0, 0.1) is 0 Å². The predicted molar refractivity (Wildman–Crippen MR) is 99.4 cm³/mol. The summed E-state index contributed by atoms with van der Waals surface area (Å²) in [7, 11) is 0. The number of nitrogens with zero attached hydrogens (tertiary/aromatic N) is 1. The SMILES string of the molecule is NNC(=O)CC(=S)NN(C(=O)c1ccccc1O)C(=O)c1ccccc1O. The molecule has 0 spiro atoms. The van der Waals surface area contributed by atoms with Gasteiger partial charge in [-0.1, -0.05) is 36.5 Å². The van der Waals surface area contributed by atoms with Gasteiger partial charge in [-0.3, -0.25) is 25.2 Å². The van der Waals surface area contributed by atoms with Gasteiger partial charge in [0.25, 0.3) is 11.8 Å². The molecule has 0 aliphatic heterocycles. The van der Waals surface area contributed by atoms with Gasteiger partial charge in [0.05, 0.1) is 17.5 Å². The van der Waals surface area contributed by atoms with Crippen molar-refractivity contribution < 1.29 is 24.6 Å². The molecular weight excluding hydrogens is 372 g/mol. The lowest BCUT2D eigenvalue weighted by Crippen LogP contribution is -2.50. The number of carbonyl (C=O) groups is 3. The van der Waals surface area contributed by atoms with E-state index in [1.165, 1.54) is 48.5 Å². The second-order valence-corrected chi connectivity index (χ2v) is 5.75. The van der Waals surface area contributed by atoms with Gasteiger partial charge in [0.1, 0.15) is 16.5 Å². The number of hydrazine groups is 2. The molecule has 10 heteroatoms. The van der Waals surface area contributed by atoms with E-state index in [9.17, 15) is 24.6 Å². The highest BCUT2D eigenvalue weighted by Crippen LogP contribution is 2.21. The monoisotopic (exact) mass is 388 g/mol. The summed E-state index contributed by atoms with van der Waals surface area (Å²) < 4.78 is 0. The van der Waals surface area contributed by atoms with Crippen molar-refractivity contribution >= 4 is 34.9 Å². The van der Waals surface area contributed by atoms with Gasteiger partial charge in [0.2, 0.25) is 5.91 Å². The van der Waals surface area contributed by atoms with E-state index in [2.05, 4.69) is 5.43 Å². The van der Waals surface area contributed by atoms with Crippen LogP contribution in [0.4, 0.5) is 0 Å². The summed E-state index contributed by atoms with van der Waals surface area (Å²) in [6, 6.07) is 11.2. The molecule has 27 heavy (non-hydrogen) atoms. The molecule has 3 amide bonds. The minimum absolute atomic E-state index is 0.175. The summed E-state index contributed by atoms with van der Waals surface area (Å²) in [4.78, 5) is 36.8. The number of rotatable bonds is 4. The van der Waals surface area contributed by atoms with Crippen LogP contribution in [0.1, 0.15) is 27.1 Å². The van der Waals surface area contributed by atoms with Crippen molar-refractivity contribution in [1.82, 2.24) is 15.9 Å². The van der Waals surface area contributed by atoms with Gasteiger partial charge in [0.15, 0.2) is 0 Å². The molecule has 6 N–H and O–H groups in total. The fraction of sp³-hybridized carbons (Fsp3) is 0.0588. The van der Waals surface area contributed by atoms with Crippen molar-refractivity contribution in [1.29, 1.82) is 0 Å². The first-order chi connectivity index (χ1) is 12.8. The number of benzene rings is 2. The molecule has 9 nitrogen and oxygen atoms in total. The second-order valence-electron chi connectivity index (χ2n) is 5.26. The average molecular weight is 388 g/mol. The first kappa shape index (κ1) is 19.8. The molecule has 0 unspecified atom stereocenters. The number of para-hydroxylation sites is 2. The lowest BCUT2D eigenvalue weighted by molar-refractivity contribution is -0.120. The van der Waals surface area contributed by atoms with Crippen LogP contribution in [0.5, 0.6) is 11.5 Å². The Morgan fingerprint density at radius 3 is 1.78 bits per heavy atom. The van der Waals surface area contributed by atoms with E-state index in [0.717, 1.165) is 0 Å². The summed E-state index contributed by atoms with van der Waals surface area (Å²) in [6.07, 6.45) is -0.384. The van der Waals surface area contributed by atoms with E-state index in [1.807, 2.05) is 5.43 Å². The van der Waals surface area contributed by atoms with Crippen LogP contribution in [0.15, 0.2) is 48.5 Å². The fourth-order valence-corrected chi connectivity index (χ4v) is 2.33. The highest BCUT2D eigenvalue weighted by atomic mass is 32.1. The topological polar surface area (TPSA) is 145 Å². The summed E-state index contributed by atoms with van der Waals surface area (Å²) in [5.74, 6) is 1.77. The van der Waals surface area contributed by atoms with Crippen LogP contribution in [0.2, 0.25) is 0 Å². The molecule has 0 aliphatic carbocycles. The normalized spacial score (nSPS) is 9.96. The first-order valence-electron chi connectivity index (χ1n) is 7.59. The molecule has 0 heterocycles. The molecule has 2 aromatic carbocycles. The maximum absolute atomic E-state index is 12.8. The molecular formula is C17H16N4O5S. The number of carbonyl (C=O) groups excluding carboxylic acids is 3. The van der Waals surface area contributed by atoms with Gasteiger partial charge < -0.3 is 10.2 Å². The fourth-order valence-electron chi connectivity index (χ4n) is 2.10. The average Bonchev–Trinajstić information content (AvgIpc) is 2.65. The Morgan fingerprint density at radius 2 is 1.37 bits per heavy atom. The third-order valence-corrected chi connectivity index (χ3v) is 3.63. The zero-order valence-electron chi connectivity index (χ0n) is 13.9. The maximum atomic E-state index is 12.8. The summed E-state index contributed by atoms with van der Waals surface area (Å²) >= 11 is 4.98. The van der Waals surface area contributed by atoms with Crippen LogP contribution in [0.3, 0.4) is 0 Å². The van der Waals surface area contributed by atoms with Crippen molar-refractivity contribution in [3.05, 3.63) is 59.7 Å². The van der Waals surface area contributed by atoms with Gasteiger partial charge >= 0.3 is 0 Å². The largest absolute Gasteiger partial charge is 0.507 e. The summed E-state index contributed by atoms with van der Waals surface area (Å²) in [5.41, 5.74) is 3.87. The van der Waals surface area contributed by atoms with Gasteiger partial charge in [-0.2, -0.15) is 5.01 Å². The number of phenolic OH excluding ortho intramolecular Hbond substituents is 2. The molecule has 0 aliphatic rings. The summed E-state index contributed by atoms with van der Waals surface area (Å²) in [6.45, 7) is 0. The molecule has 2 rings (SSSR count). The molecule has 0 saturated heterocycles. The lowest BCUT2D eigenvalue weighted by atomic mass is 10.1. The number of nitrogens with two attached hydrogens (primary N) is 1. The number of phenols is 2. The zero-order chi connectivity index (χ0) is 20.0. The van der Waals surface area contributed by atoms with E-state index in [0.29, 0.717) is 5.01 Å². The maximum Gasteiger partial charge on any atom is 0.283 e. The minimum atomic E-state index is -0.933. The number of hydrogen-bond donors (Lipinski definition) is 5. The van der Waals surface area contributed by atoms with Crippen molar-refractivity contribution in [3.63, 3.8) is 0 Å². The van der Waals surface area contributed by atoms with E-state index in [4.69, 9.17) is 18.1 Å². The predicted octanol–water partition coefficient (Wildman–Crippen LogP) is 0.592. The Bertz CT molecular complexity index is 845. The first-order valence-corrected chi connectivity index (χ1v) is 7.99. The van der Waals surface area contributed by atoms with Crippen LogP contribution >= 0.6 is 12.2 Å². The Morgan fingerprint density at radius 1 is 0.926 bits per heavy atom. The van der Waals surface area contributed by atoms with Gasteiger partial charge in [-0.25, -0.2) is 5.84 Å². The quantitative estimate of drug-likeness (QED) is 0.168. The third-order valence-electron chi connectivity index (χ3n) is 3.39. The van der Waals surface area contributed by atoms with Gasteiger partial charge in [-0.15, -0.1) is 0 Å². The molecule has 140 valence electrons. The lowest BCUT2D eigenvalue weighted by Gasteiger charge is -2.23. The highest BCUT2D eigenvalue weighted by Gasteiger charge is 2.28. The highest BCUT2D eigenvalue weighted by molar-refractivity contribution is 7.80. The molecule has 2 aromatic rings. The zero-order valence-corrected chi connectivity index (χ0v) is 14.7. The summed E-state index contributed by atoms with van der Waals surface area (Å²) in [5, 5.41) is 20.3. The molecule has 0 fully saturated rings. The minimum Gasteiger partial charge on any atom is -0.507 e. The van der Waals surface area contributed by atoms with Crippen molar-refractivity contribution in [2.75, 3.05) is 0 Å². The van der Waals surface area contributed by atoms with Crippen LogP contribution < -0.4 is 16.7 Å². The number of imide groups is 1. The van der Waals surface area contributed by atoms with Crippen molar-refractivity contribution in [3.8, 4) is 11.5 Å². The Kier molecular flexibility index (Phi) is 6.41. The smallest absolute Gasteiger partial charge is 0.283 e. The molecule has 0 bridgehead atoms. The Balaban J connectivity index is 2.39. The third kappa shape index (κ3) is 4.77. The van der Waals surface area contributed by atoms with Gasteiger partial charge in [-0.05, 0) is 24.3 Å². The van der Waals surface area contributed by atoms with E-state index in [1.54, 1.807) is 0 Å². The second kappa shape index (κ2) is 8.74. The molecule has 0 atom stereocenters. The van der Waals surface area contributed by atoms with Gasteiger partial charge in [0, 0.05) is 0 Å². The van der Waals surface area contributed by atoms with Crippen molar-refractivity contribution in [2.24, 2.45) is 5.84 Å². The van der Waals surface area contributed by atoms with E-state index >= 15 is 0 Å². The van der Waals surface area contributed by atoms with Crippen LogP contribution in [0.25, 0.3) is 0 Å². The Labute approximate surface area is 159 Å². The molecule has 0 radical (unpaired) electrons. The van der Waals surface area contributed by atoms with E-state index in [-0.39, 0.29) is 34.0 Å². The Hall–Kier alpha value is -3.50. The standard InChI is InChI=1S/C17H16N4O5S/c18-19-14(24)9-15(27)20-21(16(25)10-5-1-3-7-12(10)22)17(26)11-6-2-4-8-13(11)23/h1-8,22-23H,9,18H2,(H,19,24)(H,20,27). The number of amides is 3. The number of thiocarbonyl (C=S) groups is 1. The number of aromatic hydroxyl groups is 2. The molecule has 0 aromatic heterocycles. The van der Waals surface area contributed by atoms with Crippen LogP contribution in [-0.2, 0) is 4.79 Å². The van der Waals surface area contributed by atoms with Crippen LogP contribution in [-0.4, -0.2) is 37.9 Å².